The molecular formula is C9H14N2. The quantitative estimate of drug-likeness (QED) is 0.618. The number of nitrogens with one attached hydrogen (secondary N) is 1. The molecule has 1 aliphatic rings. The highest BCUT2D eigenvalue weighted by atomic mass is 14.9. The van der Waals surface area contributed by atoms with Gasteiger partial charge in [0.05, 0.1) is 12.0 Å². The summed E-state index contributed by atoms with van der Waals surface area (Å²) in [7, 11) is 0. The Morgan fingerprint density at radius 2 is 2.45 bits per heavy atom. The largest absolute Gasteiger partial charge is 0.309 e. The average molecular weight is 150 g/mol. The number of nitriles is 1. The lowest BCUT2D eigenvalue weighted by Crippen LogP contribution is -2.31. The van der Waals surface area contributed by atoms with Crippen molar-refractivity contribution in [3.05, 3.63) is 12.7 Å². The molecule has 0 saturated heterocycles. The van der Waals surface area contributed by atoms with Crippen LogP contribution in [0.4, 0.5) is 0 Å². The molecule has 1 rings (SSSR count). The summed E-state index contributed by atoms with van der Waals surface area (Å²) in [5, 5.41) is 12.0. The second-order valence-electron chi connectivity index (χ2n) is 2.97. The van der Waals surface area contributed by atoms with E-state index in [1.807, 2.05) is 6.08 Å². The van der Waals surface area contributed by atoms with Crippen molar-refractivity contribution in [1.29, 1.82) is 5.26 Å². The highest BCUT2D eigenvalue weighted by Crippen LogP contribution is 2.24. The fourth-order valence-electron chi connectivity index (χ4n) is 1.59. The Labute approximate surface area is 67.9 Å². The van der Waals surface area contributed by atoms with Gasteiger partial charge in [0, 0.05) is 12.6 Å². The van der Waals surface area contributed by atoms with E-state index in [4.69, 9.17) is 5.26 Å². The number of hydrogen-bond donors (Lipinski definition) is 1. The Kier molecular flexibility index (Phi) is 3.13. The van der Waals surface area contributed by atoms with Gasteiger partial charge >= 0.3 is 0 Å². The molecule has 0 radical (unpaired) electrons. The van der Waals surface area contributed by atoms with Gasteiger partial charge in [0.15, 0.2) is 0 Å². The Hall–Kier alpha value is -0.810. The summed E-state index contributed by atoms with van der Waals surface area (Å²) in [5.41, 5.74) is 0. The molecule has 1 aliphatic carbocycles. The van der Waals surface area contributed by atoms with Crippen LogP contribution in [0.15, 0.2) is 12.7 Å². The van der Waals surface area contributed by atoms with E-state index in [1.165, 1.54) is 6.42 Å². The highest BCUT2D eigenvalue weighted by molar-refractivity contribution is 4.97. The molecule has 0 heterocycles. The highest BCUT2D eigenvalue weighted by Gasteiger charge is 2.25. The van der Waals surface area contributed by atoms with E-state index < -0.39 is 0 Å². The van der Waals surface area contributed by atoms with E-state index in [2.05, 4.69) is 18.0 Å². The molecule has 0 amide bonds. The second kappa shape index (κ2) is 4.15. The normalized spacial score (nSPS) is 29.7. The first-order valence-corrected chi connectivity index (χ1v) is 4.12. The van der Waals surface area contributed by atoms with Gasteiger partial charge in [0.1, 0.15) is 0 Å². The van der Waals surface area contributed by atoms with Crippen molar-refractivity contribution in [3.8, 4) is 6.07 Å². The van der Waals surface area contributed by atoms with Crippen molar-refractivity contribution < 1.29 is 0 Å². The molecule has 2 unspecified atom stereocenters. The molecule has 0 aromatic rings. The summed E-state index contributed by atoms with van der Waals surface area (Å²) in [5.74, 6) is 0.231. The lowest BCUT2D eigenvalue weighted by Gasteiger charge is -2.13. The predicted octanol–water partition coefficient (Wildman–Crippen LogP) is 1.45. The second-order valence-corrected chi connectivity index (χ2v) is 2.97. The first-order valence-electron chi connectivity index (χ1n) is 4.12. The lowest BCUT2D eigenvalue weighted by atomic mass is 10.1. The van der Waals surface area contributed by atoms with Gasteiger partial charge in [0.2, 0.25) is 0 Å². The van der Waals surface area contributed by atoms with Crippen LogP contribution in [0.2, 0.25) is 0 Å². The maximum atomic E-state index is 8.72. The van der Waals surface area contributed by atoms with Crippen LogP contribution < -0.4 is 5.32 Å². The van der Waals surface area contributed by atoms with Crippen LogP contribution in [0.25, 0.3) is 0 Å². The van der Waals surface area contributed by atoms with Crippen LogP contribution >= 0.6 is 0 Å². The fourth-order valence-corrected chi connectivity index (χ4v) is 1.59. The topological polar surface area (TPSA) is 35.8 Å². The molecule has 0 bridgehead atoms. The number of hydrogen-bond acceptors (Lipinski definition) is 2. The molecule has 0 aromatic heterocycles. The monoisotopic (exact) mass is 150 g/mol. The van der Waals surface area contributed by atoms with E-state index in [9.17, 15) is 0 Å². The van der Waals surface area contributed by atoms with Crippen molar-refractivity contribution in [2.24, 2.45) is 5.92 Å². The summed E-state index contributed by atoms with van der Waals surface area (Å²) in [6.45, 7) is 4.45. The lowest BCUT2D eigenvalue weighted by molar-refractivity contribution is 0.488. The molecule has 60 valence electrons. The van der Waals surface area contributed by atoms with Crippen LogP contribution in [-0.4, -0.2) is 12.6 Å². The van der Waals surface area contributed by atoms with Crippen LogP contribution in [0.1, 0.15) is 19.3 Å². The standard InChI is InChI=1S/C9H14N2/c1-2-6-11-9-5-3-4-8(9)7-10/h2,8-9,11H,1,3-6H2. The first-order chi connectivity index (χ1) is 5.38. The molecule has 0 aliphatic heterocycles. The fraction of sp³-hybridized carbons (Fsp3) is 0.667. The SMILES string of the molecule is C=CCNC1CCCC1C#N. The van der Waals surface area contributed by atoms with Crippen molar-refractivity contribution in [2.45, 2.75) is 25.3 Å². The van der Waals surface area contributed by atoms with Crippen molar-refractivity contribution in [2.75, 3.05) is 6.54 Å². The summed E-state index contributed by atoms with van der Waals surface area (Å²) in [6.07, 6.45) is 5.23. The molecular weight excluding hydrogens is 136 g/mol. The maximum absolute atomic E-state index is 8.72. The predicted molar refractivity (Wildman–Crippen MR) is 44.9 cm³/mol. The molecule has 2 atom stereocenters. The molecule has 2 nitrogen and oxygen atoms in total. The van der Waals surface area contributed by atoms with Crippen molar-refractivity contribution in [1.82, 2.24) is 5.32 Å². The summed E-state index contributed by atoms with van der Waals surface area (Å²) in [6, 6.07) is 2.74. The van der Waals surface area contributed by atoms with Crippen molar-refractivity contribution >= 4 is 0 Å². The van der Waals surface area contributed by atoms with Gasteiger partial charge in [0.25, 0.3) is 0 Å². The first kappa shape index (κ1) is 8.29. The summed E-state index contributed by atoms with van der Waals surface area (Å²) < 4.78 is 0. The average Bonchev–Trinajstić information content (AvgIpc) is 2.47. The van der Waals surface area contributed by atoms with Gasteiger partial charge in [-0.25, -0.2) is 0 Å². The van der Waals surface area contributed by atoms with Crippen LogP contribution in [0, 0.1) is 17.2 Å². The van der Waals surface area contributed by atoms with Gasteiger partial charge < -0.3 is 5.32 Å². The minimum atomic E-state index is 0.231. The van der Waals surface area contributed by atoms with E-state index in [0.717, 1.165) is 19.4 Å². The summed E-state index contributed by atoms with van der Waals surface area (Å²) >= 11 is 0. The molecule has 1 N–H and O–H groups in total. The number of nitrogens with zero attached hydrogens (tertiary/aromatic N) is 1. The van der Waals surface area contributed by atoms with E-state index >= 15 is 0 Å². The molecule has 11 heavy (non-hydrogen) atoms. The molecule has 2 heteroatoms. The van der Waals surface area contributed by atoms with E-state index in [-0.39, 0.29) is 5.92 Å². The zero-order valence-corrected chi connectivity index (χ0v) is 6.71. The van der Waals surface area contributed by atoms with Crippen LogP contribution in [-0.2, 0) is 0 Å². The van der Waals surface area contributed by atoms with E-state index in [0.29, 0.717) is 6.04 Å². The minimum absolute atomic E-state index is 0.231. The third-order valence-corrected chi connectivity index (χ3v) is 2.21. The molecule has 0 spiro atoms. The van der Waals surface area contributed by atoms with Gasteiger partial charge in [-0.3, -0.25) is 0 Å². The Bertz CT molecular complexity index is 169. The molecule has 1 fully saturated rings. The van der Waals surface area contributed by atoms with Gasteiger partial charge in [-0.15, -0.1) is 6.58 Å². The Morgan fingerprint density at radius 1 is 1.64 bits per heavy atom. The maximum Gasteiger partial charge on any atom is 0.0672 e. The minimum Gasteiger partial charge on any atom is -0.309 e. The zero-order valence-electron chi connectivity index (χ0n) is 6.71. The van der Waals surface area contributed by atoms with Gasteiger partial charge in [-0.2, -0.15) is 5.26 Å². The smallest absolute Gasteiger partial charge is 0.0672 e. The summed E-state index contributed by atoms with van der Waals surface area (Å²) in [4.78, 5) is 0. The Morgan fingerprint density at radius 3 is 3.09 bits per heavy atom. The van der Waals surface area contributed by atoms with E-state index in [1.54, 1.807) is 0 Å². The molecule has 1 saturated carbocycles. The van der Waals surface area contributed by atoms with Gasteiger partial charge in [-0.05, 0) is 12.8 Å². The van der Waals surface area contributed by atoms with Crippen LogP contribution in [0.3, 0.4) is 0 Å². The third-order valence-electron chi connectivity index (χ3n) is 2.21. The van der Waals surface area contributed by atoms with Gasteiger partial charge in [-0.1, -0.05) is 12.5 Å². The molecule has 0 aromatic carbocycles. The third kappa shape index (κ3) is 2.06. The zero-order chi connectivity index (χ0) is 8.10. The van der Waals surface area contributed by atoms with Crippen LogP contribution in [0.5, 0.6) is 0 Å². The van der Waals surface area contributed by atoms with Crippen molar-refractivity contribution in [3.63, 3.8) is 0 Å². The number of rotatable bonds is 3. The Balaban J connectivity index is 2.32.